The van der Waals surface area contributed by atoms with Gasteiger partial charge in [0.15, 0.2) is 0 Å². The van der Waals surface area contributed by atoms with Crippen LogP contribution in [0, 0.1) is 6.92 Å². The Balaban J connectivity index is 0.00000115. The molecule has 1 aromatic carbocycles. The molecule has 0 heterocycles. The molecule has 0 spiro atoms. The summed E-state index contributed by atoms with van der Waals surface area (Å²) in [4.78, 5) is 2.48. The first-order valence-corrected chi connectivity index (χ1v) is 14.2. The van der Waals surface area contributed by atoms with Crippen molar-refractivity contribution in [3.63, 3.8) is 0 Å². The van der Waals surface area contributed by atoms with Crippen molar-refractivity contribution in [2.75, 3.05) is 13.6 Å². The van der Waals surface area contributed by atoms with E-state index >= 15 is 0 Å². The maximum absolute atomic E-state index is 2.48. The summed E-state index contributed by atoms with van der Waals surface area (Å²) in [6.45, 7) is 12.6. The molecule has 0 aliphatic rings. The lowest BCUT2D eigenvalue weighted by atomic mass is 9.94. The molecule has 0 amide bonds. The van der Waals surface area contributed by atoms with Gasteiger partial charge in [0.25, 0.3) is 0 Å². The molecule has 188 valence electrons. The second kappa shape index (κ2) is 22.0. The van der Waals surface area contributed by atoms with Crippen molar-refractivity contribution in [2.45, 2.75) is 149 Å². The van der Waals surface area contributed by atoms with Gasteiger partial charge in [-0.15, -0.1) is 0 Å². The van der Waals surface area contributed by atoms with Gasteiger partial charge in [0.1, 0.15) is 0 Å². The van der Waals surface area contributed by atoms with Crippen LogP contribution < -0.4 is 0 Å². The van der Waals surface area contributed by atoms with E-state index in [2.05, 4.69) is 58.7 Å². The number of aryl methyl sites for hydroxylation is 1. The first-order valence-electron chi connectivity index (χ1n) is 14.2. The van der Waals surface area contributed by atoms with E-state index in [0.29, 0.717) is 5.54 Å². The van der Waals surface area contributed by atoms with Crippen molar-refractivity contribution in [3.05, 3.63) is 35.9 Å². The number of rotatable bonds is 19. The zero-order valence-electron chi connectivity index (χ0n) is 23.1. The van der Waals surface area contributed by atoms with E-state index in [9.17, 15) is 0 Å². The highest BCUT2D eigenvalue weighted by Gasteiger charge is 2.20. The summed E-state index contributed by atoms with van der Waals surface area (Å²) in [5.74, 6) is 0. The van der Waals surface area contributed by atoms with Crippen LogP contribution in [0.2, 0.25) is 0 Å². The van der Waals surface area contributed by atoms with Crippen LogP contribution in [0.5, 0.6) is 0 Å². The van der Waals surface area contributed by atoms with Gasteiger partial charge in [-0.05, 0) is 40.8 Å². The minimum Gasteiger partial charge on any atom is -0.302 e. The predicted octanol–water partition coefficient (Wildman–Crippen LogP) is 10.4. The molecule has 0 saturated heterocycles. The lowest BCUT2D eigenvalue weighted by Gasteiger charge is -2.35. The van der Waals surface area contributed by atoms with E-state index in [1.54, 1.807) is 0 Å². The minimum atomic E-state index is 0.380. The fourth-order valence-corrected chi connectivity index (χ4v) is 4.26. The van der Waals surface area contributed by atoms with Crippen molar-refractivity contribution < 1.29 is 0 Å². The fourth-order valence-electron chi connectivity index (χ4n) is 4.26. The summed E-state index contributed by atoms with van der Waals surface area (Å²) in [6, 6.07) is 10.3. The molecule has 0 N–H and O–H groups in total. The van der Waals surface area contributed by atoms with E-state index in [4.69, 9.17) is 0 Å². The number of nitrogens with zero attached hydrogens (tertiary/aromatic N) is 1. The van der Waals surface area contributed by atoms with Gasteiger partial charge < -0.3 is 4.90 Å². The van der Waals surface area contributed by atoms with Gasteiger partial charge in [0.2, 0.25) is 0 Å². The Hall–Kier alpha value is -0.820. The van der Waals surface area contributed by atoms with Crippen molar-refractivity contribution in [1.29, 1.82) is 0 Å². The third-order valence-electron chi connectivity index (χ3n) is 7.09. The normalized spacial score (nSPS) is 11.5. The standard InChI is InChI=1S/C24H51N.C7H8/c1-6-8-9-10-11-12-13-14-15-16-17-18-19-20-21-22-23-24(3,4)25(5)7-2;1-7-5-3-2-4-6-7/h6-23H2,1-5H3;2-6H,1H3. The molecule has 0 saturated carbocycles. The number of hydrogen-bond donors (Lipinski definition) is 0. The number of benzene rings is 1. The van der Waals surface area contributed by atoms with E-state index in [-0.39, 0.29) is 0 Å². The van der Waals surface area contributed by atoms with Gasteiger partial charge >= 0.3 is 0 Å². The van der Waals surface area contributed by atoms with Crippen molar-refractivity contribution in [3.8, 4) is 0 Å². The van der Waals surface area contributed by atoms with Crippen LogP contribution in [0.15, 0.2) is 30.3 Å². The van der Waals surface area contributed by atoms with Crippen LogP contribution in [0.1, 0.15) is 142 Å². The quantitative estimate of drug-likeness (QED) is 0.191. The molecule has 0 bridgehead atoms. The molecule has 0 fully saturated rings. The van der Waals surface area contributed by atoms with Gasteiger partial charge in [-0.25, -0.2) is 0 Å². The molecule has 1 heteroatoms. The summed E-state index contributed by atoms with van der Waals surface area (Å²) in [5.41, 5.74) is 1.70. The summed E-state index contributed by atoms with van der Waals surface area (Å²) < 4.78 is 0. The van der Waals surface area contributed by atoms with Crippen LogP contribution in [0.3, 0.4) is 0 Å². The van der Waals surface area contributed by atoms with Crippen molar-refractivity contribution in [1.82, 2.24) is 4.90 Å². The average molecular weight is 446 g/mol. The van der Waals surface area contributed by atoms with E-state index in [0.717, 1.165) is 6.54 Å². The molecular formula is C31H59N. The lowest BCUT2D eigenvalue weighted by molar-refractivity contribution is 0.149. The monoisotopic (exact) mass is 445 g/mol. The molecule has 1 aromatic rings. The van der Waals surface area contributed by atoms with Gasteiger partial charge in [-0.3, -0.25) is 0 Å². The van der Waals surface area contributed by atoms with E-state index in [1.807, 2.05) is 18.2 Å². The van der Waals surface area contributed by atoms with Crippen molar-refractivity contribution >= 4 is 0 Å². The van der Waals surface area contributed by atoms with Crippen LogP contribution in [-0.4, -0.2) is 24.0 Å². The predicted molar refractivity (Wildman–Crippen MR) is 148 cm³/mol. The highest BCUT2D eigenvalue weighted by Crippen LogP contribution is 2.21. The molecular weight excluding hydrogens is 386 g/mol. The lowest BCUT2D eigenvalue weighted by Crippen LogP contribution is -2.40. The Morgan fingerprint density at radius 2 is 0.969 bits per heavy atom. The molecule has 32 heavy (non-hydrogen) atoms. The molecule has 0 atom stereocenters. The molecule has 0 aliphatic heterocycles. The molecule has 0 unspecified atom stereocenters. The second-order valence-electron chi connectivity index (χ2n) is 10.5. The van der Waals surface area contributed by atoms with Crippen LogP contribution >= 0.6 is 0 Å². The molecule has 1 rings (SSSR count). The molecule has 0 radical (unpaired) electrons. The zero-order chi connectivity index (χ0) is 23.9. The minimum absolute atomic E-state index is 0.380. The maximum Gasteiger partial charge on any atom is 0.0150 e. The van der Waals surface area contributed by atoms with Gasteiger partial charge in [-0.1, -0.05) is 152 Å². The Labute approximate surface area is 203 Å². The largest absolute Gasteiger partial charge is 0.302 e. The second-order valence-corrected chi connectivity index (χ2v) is 10.5. The zero-order valence-corrected chi connectivity index (χ0v) is 23.1. The topological polar surface area (TPSA) is 3.24 Å². The molecule has 0 aliphatic carbocycles. The first kappa shape index (κ1) is 31.2. The average Bonchev–Trinajstić information content (AvgIpc) is 2.79. The van der Waals surface area contributed by atoms with Crippen molar-refractivity contribution in [2.24, 2.45) is 0 Å². The third-order valence-corrected chi connectivity index (χ3v) is 7.09. The number of unbranched alkanes of at least 4 members (excludes halogenated alkanes) is 15. The smallest absolute Gasteiger partial charge is 0.0150 e. The maximum atomic E-state index is 2.48. The highest BCUT2D eigenvalue weighted by molar-refractivity contribution is 5.11. The summed E-state index contributed by atoms with van der Waals surface area (Å²) in [5, 5.41) is 0. The van der Waals surface area contributed by atoms with Gasteiger partial charge in [0, 0.05) is 5.54 Å². The Morgan fingerprint density at radius 3 is 1.28 bits per heavy atom. The Kier molecular flexibility index (Phi) is 21.4. The van der Waals surface area contributed by atoms with E-state index in [1.165, 1.54) is 115 Å². The fraction of sp³-hybridized carbons (Fsp3) is 0.806. The van der Waals surface area contributed by atoms with Crippen LogP contribution in [-0.2, 0) is 0 Å². The SMILES string of the molecule is CCCCCCCCCCCCCCCCCCC(C)(C)N(C)CC.Cc1ccccc1. The summed E-state index contributed by atoms with van der Waals surface area (Å²) in [6.07, 6.45) is 24.6. The van der Waals surface area contributed by atoms with Gasteiger partial charge in [-0.2, -0.15) is 0 Å². The Bertz CT molecular complexity index is 478. The van der Waals surface area contributed by atoms with Gasteiger partial charge in [0.05, 0.1) is 0 Å². The summed E-state index contributed by atoms with van der Waals surface area (Å²) >= 11 is 0. The van der Waals surface area contributed by atoms with E-state index < -0.39 is 0 Å². The van der Waals surface area contributed by atoms with Crippen LogP contribution in [0.4, 0.5) is 0 Å². The third kappa shape index (κ3) is 19.8. The first-order chi connectivity index (χ1) is 15.4. The summed E-state index contributed by atoms with van der Waals surface area (Å²) in [7, 11) is 2.26. The van der Waals surface area contributed by atoms with Crippen LogP contribution in [0.25, 0.3) is 0 Å². The molecule has 1 nitrogen and oxygen atoms in total. The highest BCUT2D eigenvalue weighted by atomic mass is 15.2. The Morgan fingerprint density at radius 1 is 0.594 bits per heavy atom. The number of hydrogen-bond acceptors (Lipinski definition) is 1. The molecule has 0 aromatic heterocycles.